The van der Waals surface area contributed by atoms with Crippen molar-refractivity contribution in [1.29, 1.82) is 5.26 Å². The van der Waals surface area contributed by atoms with E-state index in [-0.39, 0.29) is 24.4 Å². The molecule has 0 aromatic carbocycles. The van der Waals surface area contributed by atoms with Gasteiger partial charge in [0.05, 0.1) is 12.7 Å². The van der Waals surface area contributed by atoms with Gasteiger partial charge in [-0.05, 0) is 47.2 Å². The maximum Gasteiger partial charge on any atom is 0.320 e. The normalized spacial score (nSPS) is 16.5. The predicted octanol–water partition coefficient (Wildman–Crippen LogP) is 2.35. The van der Waals surface area contributed by atoms with Gasteiger partial charge in [-0.1, -0.05) is 12.2 Å². The van der Waals surface area contributed by atoms with Crippen molar-refractivity contribution in [1.82, 2.24) is 19.5 Å². The van der Waals surface area contributed by atoms with Crippen LogP contribution in [0.3, 0.4) is 0 Å². The van der Waals surface area contributed by atoms with Crippen molar-refractivity contribution in [3.63, 3.8) is 0 Å². The highest BCUT2D eigenvalue weighted by molar-refractivity contribution is 9.10. The summed E-state index contributed by atoms with van der Waals surface area (Å²) in [5.41, 5.74) is 7.76. The molecule has 1 aliphatic carbocycles. The summed E-state index contributed by atoms with van der Waals surface area (Å²) in [6.45, 7) is 1.13. The predicted molar refractivity (Wildman–Crippen MR) is 100 cm³/mol. The Morgan fingerprint density at radius 1 is 1.38 bits per heavy atom. The van der Waals surface area contributed by atoms with Gasteiger partial charge < -0.3 is 20.1 Å². The lowest BCUT2D eigenvalue weighted by Gasteiger charge is -2.16. The first-order valence-corrected chi connectivity index (χ1v) is 9.13. The van der Waals surface area contributed by atoms with E-state index in [0.717, 1.165) is 6.42 Å². The van der Waals surface area contributed by atoms with E-state index in [2.05, 4.69) is 37.0 Å². The Morgan fingerprint density at radius 2 is 2.23 bits per heavy atom. The first-order chi connectivity index (χ1) is 12.6. The molecule has 0 aliphatic heterocycles. The molecule has 0 spiro atoms. The number of rotatable bonds is 7. The monoisotopic (exact) mass is 418 g/mol. The molecule has 9 heteroatoms. The Labute approximate surface area is 159 Å². The van der Waals surface area contributed by atoms with E-state index in [1.54, 1.807) is 0 Å². The highest BCUT2D eigenvalue weighted by Crippen LogP contribution is 2.27. The van der Waals surface area contributed by atoms with Gasteiger partial charge in [0.15, 0.2) is 21.7 Å². The molecule has 1 aliphatic rings. The minimum atomic E-state index is 0.124. The SMILES string of the molecule is N#CC1=CC(Cn2c(Br)nc3c(N)nc(OCCCCO)nc32)CC=C1. The van der Waals surface area contributed by atoms with Gasteiger partial charge in [-0.2, -0.15) is 15.2 Å². The molecule has 136 valence electrons. The molecule has 0 amide bonds. The maximum absolute atomic E-state index is 9.09. The molecular weight excluding hydrogens is 400 g/mol. The van der Waals surface area contributed by atoms with Gasteiger partial charge in [0.1, 0.15) is 0 Å². The summed E-state index contributed by atoms with van der Waals surface area (Å²) in [6.07, 6.45) is 7.98. The lowest BCUT2D eigenvalue weighted by Crippen LogP contribution is -2.12. The third kappa shape index (κ3) is 4.03. The summed E-state index contributed by atoms with van der Waals surface area (Å²) in [7, 11) is 0. The van der Waals surface area contributed by atoms with Crippen molar-refractivity contribution in [3.8, 4) is 12.1 Å². The number of halogens is 1. The molecule has 2 aromatic rings. The molecular formula is C17H19BrN6O2. The second-order valence-corrected chi connectivity index (χ2v) is 6.68. The number of fused-ring (bicyclic) bond motifs is 1. The van der Waals surface area contributed by atoms with E-state index in [1.807, 2.05) is 22.8 Å². The van der Waals surface area contributed by atoms with E-state index >= 15 is 0 Å². The van der Waals surface area contributed by atoms with Crippen LogP contribution in [-0.4, -0.2) is 37.8 Å². The van der Waals surface area contributed by atoms with E-state index in [1.165, 1.54) is 0 Å². The molecule has 3 N–H and O–H groups in total. The van der Waals surface area contributed by atoms with Gasteiger partial charge in [0.2, 0.25) is 0 Å². The van der Waals surface area contributed by atoms with Crippen molar-refractivity contribution in [2.24, 2.45) is 5.92 Å². The number of aromatic nitrogens is 4. The Balaban J connectivity index is 1.86. The van der Waals surface area contributed by atoms with Crippen molar-refractivity contribution >= 4 is 32.9 Å². The number of hydrogen-bond donors (Lipinski definition) is 2. The lowest BCUT2D eigenvalue weighted by atomic mass is 9.97. The van der Waals surface area contributed by atoms with Gasteiger partial charge in [0, 0.05) is 18.7 Å². The standard InChI is InChI=1S/C17H19BrN6O2/c18-16-21-13-14(20)22-17(26-7-2-1-6-25)23-15(13)24(16)10-12-5-3-4-11(8-12)9-19/h3-4,8,12,25H,1-2,5-7,10H2,(H2,20,22,23). The number of anilines is 1. The molecule has 1 unspecified atom stereocenters. The number of allylic oxidation sites excluding steroid dienone is 4. The number of nitrogens with zero attached hydrogens (tertiary/aromatic N) is 5. The summed E-state index contributed by atoms with van der Waals surface area (Å²) in [5.74, 6) is 0.414. The maximum atomic E-state index is 9.09. The van der Waals surface area contributed by atoms with Crippen LogP contribution in [0.15, 0.2) is 28.5 Å². The summed E-state index contributed by atoms with van der Waals surface area (Å²) in [4.78, 5) is 13.0. The fourth-order valence-electron chi connectivity index (χ4n) is 2.76. The van der Waals surface area contributed by atoms with Crippen molar-refractivity contribution in [2.75, 3.05) is 18.9 Å². The van der Waals surface area contributed by atoms with Crippen molar-refractivity contribution < 1.29 is 9.84 Å². The molecule has 0 bridgehead atoms. The molecule has 0 radical (unpaired) electrons. The molecule has 0 saturated heterocycles. The van der Waals surface area contributed by atoms with Gasteiger partial charge in [0.25, 0.3) is 0 Å². The van der Waals surface area contributed by atoms with Gasteiger partial charge in [-0.3, -0.25) is 0 Å². The van der Waals surface area contributed by atoms with E-state index in [0.29, 0.717) is 47.5 Å². The number of aliphatic hydroxyl groups is 1. The fourth-order valence-corrected chi connectivity index (χ4v) is 3.25. The van der Waals surface area contributed by atoms with Crippen LogP contribution in [0.1, 0.15) is 19.3 Å². The van der Waals surface area contributed by atoms with Gasteiger partial charge in [-0.15, -0.1) is 0 Å². The fraction of sp³-hybridized carbons (Fsp3) is 0.412. The zero-order chi connectivity index (χ0) is 18.5. The van der Waals surface area contributed by atoms with Crippen LogP contribution >= 0.6 is 15.9 Å². The van der Waals surface area contributed by atoms with Crippen LogP contribution in [0.5, 0.6) is 6.01 Å². The molecule has 1 atom stereocenters. The number of nitrogens with two attached hydrogens (primary N) is 1. The number of imidazole rings is 1. The summed E-state index contributed by atoms with van der Waals surface area (Å²) in [5, 5.41) is 17.9. The van der Waals surface area contributed by atoms with Crippen LogP contribution in [-0.2, 0) is 6.54 Å². The first kappa shape index (κ1) is 18.4. The highest BCUT2D eigenvalue weighted by atomic mass is 79.9. The minimum Gasteiger partial charge on any atom is -0.463 e. The Kier molecular flexibility index (Phi) is 5.85. The second kappa shape index (κ2) is 8.29. The summed E-state index contributed by atoms with van der Waals surface area (Å²) >= 11 is 3.46. The second-order valence-electron chi connectivity index (χ2n) is 5.97. The van der Waals surface area contributed by atoms with Gasteiger partial charge in [-0.25, -0.2) is 4.98 Å². The van der Waals surface area contributed by atoms with Crippen LogP contribution in [0.25, 0.3) is 11.2 Å². The molecule has 0 fully saturated rings. The smallest absolute Gasteiger partial charge is 0.320 e. The number of ether oxygens (including phenoxy) is 1. The number of nitrogen functional groups attached to an aromatic ring is 1. The number of aliphatic hydroxyl groups excluding tert-OH is 1. The average molecular weight is 419 g/mol. The third-order valence-electron chi connectivity index (χ3n) is 4.04. The van der Waals surface area contributed by atoms with E-state index in [4.69, 9.17) is 20.8 Å². The first-order valence-electron chi connectivity index (χ1n) is 8.33. The average Bonchev–Trinajstić information content (AvgIpc) is 2.95. The summed E-state index contributed by atoms with van der Waals surface area (Å²) in [6, 6.07) is 2.36. The van der Waals surface area contributed by atoms with Crippen LogP contribution < -0.4 is 10.5 Å². The zero-order valence-corrected chi connectivity index (χ0v) is 15.7. The van der Waals surface area contributed by atoms with E-state index in [9.17, 15) is 0 Å². The van der Waals surface area contributed by atoms with Crippen molar-refractivity contribution in [2.45, 2.75) is 25.8 Å². The molecule has 8 nitrogen and oxygen atoms in total. The van der Waals surface area contributed by atoms with Gasteiger partial charge >= 0.3 is 6.01 Å². The summed E-state index contributed by atoms with van der Waals surface area (Å²) < 4.78 is 8.06. The highest BCUT2D eigenvalue weighted by Gasteiger charge is 2.19. The molecule has 2 aromatic heterocycles. The minimum absolute atomic E-state index is 0.124. The molecule has 0 saturated carbocycles. The topological polar surface area (TPSA) is 123 Å². The van der Waals surface area contributed by atoms with Crippen LogP contribution in [0.2, 0.25) is 0 Å². The quantitative estimate of drug-likeness (QED) is 0.522. The molecule has 2 heterocycles. The zero-order valence-electron chi connectivity index (χ0n) is 14.1. The Bertz CT molecular complexity index is 899. The lowest BCUT2D eigenvalue weighted by molar-refractivity contribution is 0.244. The van der Waals surface area contributed by atoms with E-state index < -0.39 is 0 Å². The third-order valence-corrected chi connectivity index (χ3v) is 4.64. The van der Waals surface area contributed by atoms with Crippen LogP contribution in [0, 0.1) is 17.2 Å². The number of nitriles is 1. The largest absolute Gasteiger partial charge is 0.463 e. The Hall–Kier alpha value is -2.44. The number of hydrogen-bond acceptors (Lipinski definition) is 7. The number of unbranched alkanes of at least 4 members (excludes halogenated alkanes) is 1. The molecule has 3 rings (SSSR count). The van der Waals surface area contributed by atoms with Crippen LogP contribution in [0.4, 0.5) is 5.82 Å². The molecule has 26 heavy (non-hydrogen) atoms. The Morgan fingerprint density at radius 3 is 3.00 bits per heavy atom. The van der Waals surface area contributed by atoms with Crippen molar-refractivity contribution in [3.05, 3.63) is 28.5 Å².